The molecule has 0 radical (unpaired) electrons. The molecule has 0 aliphatic heterocycles. The lowest BCUT2D eigenvalue weighted by atomic mass is 9.92. The average molecular weight is 657 g/mol. The molecule has 0 amide bonds. The van der Waals surface area contributed by atoms with Crippen LogP contribution in [0.15, 0.2) is 112 Å². The van der Waals surface area contributed by atoms with E-state index in [1.165, 1.54) is 22.0 Å². The van der Waals surface area contributed by atoms with E-state index in [1.54, 1.807) is 0 Å². The Hall–Kier alpha value is -5.13. The summed E-state index contributed by atoms with van der Waals surface area (Å²) in [6.45, 7) is 16.6. The van der Waals surface area contributed by atoms with Crippen LogP contribution in [0.1, 0.15) is 50.7 Å². The third-order valence-corrected chi connectivity index (χ3v) is 12.3. The Bertz CT molecular complexity index is 2740. The van der Waals surface area contributed by atoms with Crippen LogP contribution in [0.2, 0.25) is 19.6 Å². The fraction of sp³-hybridized carbons (Fsp3) is 0.205. The van der Waals surface area contributed by atoms with E-state index in [2.05, 4.69) is 143 Å². The molecular formula is C44H40N2O2Si. The third kappa shape index (κ3) is 4.45. The Morgan fingerprint density at radius 2 is 1.12 bits per heavy atom. The van der Waals surface area contributed by atoms with Crippen molar-refractivity contribution in [2.45, 2.75) is 59.2 Å². The molecule has 0 aliphatic rings. The van der Waals surface area contributed by atoms with Gasteiger partial charge in [0.15, 0.2) is 0 Å². The minimum Gasteiger partial charge on any atom is -0.455 e. The molecule has 0 atom stereocenters. The summed E-state index contributed by atoms with van der Waals surface area (Å²) in [5.41, 5.74) is 10.6. The number of nitrogens with zero attached hydrogens (tertiary/aromatic N) is 2. The number of imidazole rings is 1. The molecule has 0 spiro atoms. The molecule has 3 aromatic heterocycles. The van der Waals surface area contributed by atoms with Gasteiger partial charge in [-0.25, -0.2) is 4.98 Å². The monoisotopic (exact) mass is 656 g/mol. The van der Waals surface area contributed by atoms with Crippen molar-refractivity contribution in [3.63, 3.8) is 0 Å². The Morgan fingerprint density at radius 3 is 1.78 bits per heavy atom. The predicted molar refractivity (Wildman–Crippen MR) is 210 cm³/mol. The second-order valence-electron chi connectivity index (χ2n) is 15.2. The lowest BCUT2D eigenvalue weighted by molar-refractivity contribution is 0.669. The van der Waals surface area contributed by atoms with E-state index in [9.17, 15) is 0 Å². The zero-order chi connectivity index (χ0) is 33.8. The van der Waals surface area contributed by atoms with Crippen LogP contribution in [-0.2, 0) is 0 Å². The molecule has 9 aromatic rings. The fourth-order valence-electron chi connectivity index (χ4n) is 7.70. The van der Waals surface area contributed by atoms with Crippen molar-refractivity contribution in [1.82, 2.24) is 9.55 Å². The number of aromatic nitrogens is 2. The normalized spacial score (nSPS) is 12.8. The van der Waals surface area contributed by atoms with Crippen LogP contribution in [0, 0.1) is 0 Å². The number of hydrogen-bond donors (Lipinski definition) is 0. The Labute approximate surface area is 287 Å². The highest BCUT2D eigenvalue weighted by Gasteiger charge is 2.28. The van der Waals surface area contributed by atoms with Crippen LogP contribution in [-0.4, -0.2) is 17.6 Å². The van der Waals surface area contributed by atoms with Gasteiger partial charge in [-0.05, 0) is 71.5 Å². The number of fused-ring (bicyclic) bond motifs is 10. The SMILES string of the molecule is CC(C)c1cc([Si](C)(C)C)cc(C(C)C)c1-n1c(-c2cccc3c2oc2c3ccc3c2ccc2c4ccccc4oc23)nc2ccccc21. The van der Waals surface area contributed by atoms with Gasteiger partial charge in [0.25, 0.3) is 0 Å². The first-order valence-electron chi connectivity index (χ1n) is 17.4. The molecule has 49 heavy (non-hydrogen) atoms. The molecule has 0 N–H and O–H groups in total. The molecule has 0 unspecified atom stereocenters. The van der Waals surface area contributed by atoms with Gasteiger partial charge in [-0.3, -0.25) is 4.57 Å². The molecule has 0 aliphatic carbocycles. The third-order valence-electron chi connectivity index (χ3n) is 10.3. The van der Waals surface area contributed by atoms with Gasteiger partial charge in [-0.15, -0.1) is 0 Å². The van der Waals surface area contributed by atoms with E-state index in [-0.39, 0.29) is 0 Å². The lowest BCUT2D eigenvalue weighted by Gasteiger charge is -2.27. The largest absolute Gasteiger partial charge is 0.455 e. The molecule has 6 aromatic carbocycles. The van der Waals surface area contributed by atoms with Crippen LogP contribution in [0.25, 0.3) is 82.8 Å². The molecule has 4 nitrogen and oxygen atoms in total. The highest BCUT2D eigenvalue weighted by Crippen LogP contribution is 2.44. The maximum absolute atomic E-state index is 6.99. The van der Waals surface area contributed by atoms with Crippen molar-refractivity contribution >= 4 is 78.9 Å². The first-order valence-corrected chi connectivity index (χ1v) is 20.9. The minimum absolute atomic E-state index is 0.334. The Kier molecular flexibility index (Phi) is 6.53. The summed E-state index contributed by atoms with van der Waals surface area (Å²) < 4.78 is 15.8. The summed E-state index contributed by atoms with van der Waals surface area (Å²) >= 11 is 0. The first-order chi connectivity index (χ1) is 23.6. The van der Waals surface area contributed by atoms with Crippen molar-refractivity contribution in [2.24, 2.45) is 0 Å². The molecule has 0 saturated carbocycles. The molecule has 3 heterocycles. The highest BCUT2D eigenvalue weighted by molar-refractivity contribution is 6.88. The number of rotatable bonds is 5. The van der Waals surface area contributed by atoms with E-state index < -0.39 is 8.07 Å². The van der Waals surface area contributed by atoms with E-state index in [0.29, 0.717) is 11.8 Å². The minimum atomic E-state index is -1.58. The van der Waals surface area contributed by atoms with Crippen molar-refractivity contribution in [3.8, 4) is 17.1 Å². The highest BCUT2D eigenvalue weighted by atomic mass is 28.3. The van der Waals surface area contributed by atoms with Crippen molar-refractivity contribution < 1.29 is 8.83 Å². The molecular weight excluding hydrogens is 617 g/mol. The number of hydrogen-bond acceptors (Lipinski definition) is 3. The van der Waals surface area contributed by atoms with E-state index in [0.717, 1.165) is 77.1 Å². The van der Waals surface area contributed by atoms with Crippen molar-refractivity contribution in [2.75, 3.05) is 0 Å². The molecule has 0 bridgehead atoms. The van der Waals surface area contributed by atoms with Gasteiger partial charge in [-0.2, -0.15) is 0 Å². The molecule has 0 fully saturated rings. The van der Waals surface area contributed by atoms with Crippen LogP contribution in [0.4, 0.5) is 0 Å². The Morgan fingerprint density at radius 1 is 0.571 bits per heavy atom. The molecule has 5 heteroatoms. The summed E-state index contributed by atoms with van der Waals surface area (Å²) in [4.78, 5) is 5.38. The van der Waals surface area contributed by atoms with Gasteiger partial charge in [0.1, 0.15) is 28.2 Å². The Balaban J connectivity index is 1.36. The van der Waals surface area contributed by atoms with Crippen LogP contribution in [0.5, 0.6) is 0 Å². The van der Waals surface area contributed by atoms with Gasteiger partial charge in [0, 0.05) is 32.3 Å². The number of furan rings is 2. The van der Waals surface area contributed by atoms with Gasteiger partial charge >= 0.3 is 0 Å². The van der Waals surface area contributed by atoms with Crippen LogP contribution < -0.4 is 5.19 Å². The number of benzene rings is 6. The summed E-state index contributed by atoms with van der Waals surface area (Å²) in [7, 11) is -1.58. The molecule has 9 rings (SSSR count). The maximum Gasteiger partial charge on any atom is 0.149 e. The van der Waals surface area contributed by atoms with E-state index >= 15 is 0 Å². The maximum atomic E-state index is 6.99. The van der Waals surface area contributed by atoms with Crippen molar-refractivity contribution in [3.05, 3.63) is 114 Å². The number of para-hydroxylation sites is 4. The average Bonchev–Trinajstić information content (AvgIpc) is 3.78. The van der Waals surface area contributed by atoms with Gasteiger partial charge in [0.2, 0.25) is 0 Å². The van der Waals surface area contributed by atoms with Crippen molar-refractivity contribution in [1.29, 1.82) is 0 Å². The molecule has 0 saturated heterocycles. The van der Waals surface area contributed by atoms with Gasteiger partial charge in [-0.1, -0.05) is 107 Å². The zero-order valence-corrected chi connectivity index (χ0v) is 30.2. The topological polar surface area (TPSA) is 44.1 Å². The fourth-order valence-corrected chi connectivity index (χ4v) is 8.88. The predicted octanol–water partition coefficient (Wildman–Crippen LogP) is 12.4. The molecule has 242 valence electrons. The first kappa shape index (κ1) is 30.0. The summed E-state index contributed by atoms with van der Waals surface area (Å²) in [5.74, 6) is 1.57. The van der Waals surface area contributed by atoms with Crippen LogP contribution in [0.3, 0.4) is 0 Å². The zero-order valence-electron chi connectivity index (χ0n) is 29.2. The lowest BCUT2D eigenvalue weighted by Crippen LogP contribution is -2.38. The summed E-state index contributed by atoms with van der Waals surface area (Å²) in [6.07, 6.45) is 0. The summed E-state index contributed by atoms with van der Waals surface area (Å²) in [6, 6.07) is 37.0. The second-order valence-corrected chi connectivity index (χ2v) is 20.3. The smallest absolute Gasteiger partial charge is 0.149 e. The second kappa shape index (κ2) is 10.7. The quantitative estimate of drug-likeness (QED) is 0.173. The van der Waals surface area contributed by atoms with E-state index in [1.807, 2.05) is 12.1 Å². The van der Waals surface area contributed by atoms with Gasteiger partial charge in [0.05, 0.1) is 30.4 Å². The standard InChI is InChI=1S/C44H40N2O2Si/c1-25(2)35-23-27(49(5,6)7)24-36(26(3)4)40(35)46-38-17-10-9-16-37(38)45-44(46)34-15-12-14-29-31-21-22-32-33(42(31)48-43(29)34)20-19-30-28-13-8-11-18-39(28)47-41(30)32/h8-26H,1-7H3. The summed E-state index contributed by atoms with van der Waals surface area (Å²) in [5, 5.41) is 8.03. The van der Waals surface area contributed by atoms with Crippen LogP contribution >= 0.6 is 0 Å². The van der Waals surface area contributed by atoms with Gasteiger partial charge < -0.3 is 8.83 Å². The van der Waals surface area contributed by atoms with E-state index in [4.69, 9.17) is 13.8 Å².